The summed E-state index contributed by atoms with van der Waals surface area (Å²) in [5.41, 5.74) is 0.613. The van der Waals surface area contributed by atoms with Crippen molar-refractivity contribution in [2.24, 2.45) is 0 Å². The first-order chi connectivity index (χ1) is 9.97. The van der Waals surface area contributed by atoms with Gasteiger partial charge in [0.05, 0.1) is 20.1 Å². The first kappa shape index (κ1) is 16.4. The fourth-order valence-corrected chi connectivity index (χ4v) is 3.01. The minimum atomic E-state index is -0.155. The SMILES string of the molecule is CN(C(=S)NC(=O)c1ccc(Br)cc1)C1CC[NH+](C)CC1. The van der Waals surface area contributed by atoms with Crippen LogP contribution in [0, 0.1) is 0 Å². The van der Waals surface area contributed by atoms with Crippen LogP contribution in [0.2, 0.25) is 0 Å². The lowest BCUT2D eigenvalue weighted by Crippen LogP contribution is -3.10. The number of halogens is 1. The molecule has 0 aromatic heterocycles. The fourth-order valence-electron chi connectivity index (χ4n) is 2.51. The number of nitrogens with zero attached hydrogens (tertiary/aromatic N) is 1. The van der Waals surface area contributed by atoms with Gasteiger partial charge in [-0.25, -0.2) is 0 Å². The van der Waals surface area contributed by atoms with Gasteiger partial charge in [0.1, 0.15) is 0 Å². The first-order valence-corrected chi connectivity index (χ1v) is 8.32. The molecule has 1 saturated heterocycles. The van der Waals surface area contributed by atoms with E-state index in [1.165, 1.54) is 0 Å². The topological polar surface area (TPSA) is 36.8 Å². The number of thiocarbonyl (C=S) groups is 1. The molecule has 1 aromatic rings. The van der Waals surface area contributed by atoms with Crippen LogP contribution in [-0.2, 0) is 0 Å². The van der Waals surface area contributed by atoms with Crippen LogP contribution in [0.25, 0.3) is 0 Å². The molecule has 1 aliphatic rings. The molecule has 0 saturated carbocycles. The van der Waals surface area contributed by atoms with Crippen molar-refractivity contribution in [3.05, 3.63) is 34.3 Å². The number of piperidine rings is 1. The van der Waals surface area contributed by atoms with Crippen LogP contribution in [0.1, 0.15) is 23.2 Å². The summed E-state index contributed by atoms with van der Waals surface area (Å²) >= 11 is 8.72. The third-order valence-electron chi connectivity index (χ3n) is 4.00. The molecule has 2 N–H and O–H groups in total. The molecule has 0 spiro atoms. The van der Waals surface area contributed by atoms with Gasteiger partial charge in [0, 0.05) is 36.0 Å². The summed E-state index contributed by atoms with van der Waals surface area (Å²) in [6, 6.07) is 7.68. The van der Waals surface area contributed by atoms with E-state index in [-0.39, 0.29) is 5.91 Å². The van der Waals surface area contributed by atoms with Gasteiger partial charge in [-0.3, -0.25) is 10.1 Å². The standard InChI is InChI=1S/C15H20BrN3OS/c1-18-9-7-13(8-10-18)19(2)15(21)17-14(20)11-3-5-12(16)6-4-11/h3-6,13H,7-10H2,1-2H3,(H,17,20,21)/p+1. The van der Waals surface area contributed by atoms with Crippen molar-refractivity contribution >= 4 is 39.2 Å². The predicted octanol–water partition coefficient (Wildman–Crippen LogP) is 1.07. The Hall–Kier alpha value is -0.980. The highest BCUT2D eigenvalue weighted by atomic mass is 79.9. The summed E-state index contributed by atoms with van der Waals surface area (Å²) in [6.07, 6.45) is 2.22. The second kappa shape index (κ2) is 7.33. The summed E-state index contributed by atoms with van der Waals surface area (Å²) in [5.74, 6) is -0.155. The molecule has 0 radical (unpaired) electrons. The van der Waals surface area contributed by atoms with Crippen LogP contribution < -0.4 is 10.2 Å². The van der Waals surface area contributed by atoms with Gasteiger partial charge in [0.15, 0.2) is 5.11 Å². The number of nitrogens with one attached hydrogen (secondary N) is 2. The van der Waals surface area contributed by atoms with Crippen molar-refractivity contribution in [1.29, 1.82) is 0 Å². The number of rotatable bonds is 2. The smallest absolute Gasteiger partial charge is 0.257 e. The van der Waals surface area contributed by atoms with Crippen molar-refractivity contribution in [3.63, 3.8) is 0 Å². The van der Waals surface area contributed by atoms with E-state index in [9.17, 15) is 4.79 Å². The van der Waals surface area contributed by atoms with Crippen LogP contribution in [0.3, 0.4) is 0 Å². The van der Waals surface area contributed by atoms with E-state index >= 15 is 0 Å². The van der Waals surface area contributed by atoms with Crippen LogP contribution >= 0.6 is 28.1 Å². The lowest BCUT2D eigenvalue weighted by Gasteiger charge is -2.34. The summed E-state index contributed by atoms with van der Waals surface area (Å²) in [4.78, 5) is 15.7. The van der Waals surface area contributed by atoms with E-state index in [1.807, 2.05) is 24.1 Å². The Morgan fingerprint density at radius 2 is 1.90 bits per heavy atom. The third kappa shape index (κ3) is 4.49. The zero-order valence-corrected chi connectivity index (χ0v) is 14.8. The Morgan fingerprint density at radius 3 is 2.48 bits per heavy atom. The number of carbonyl (C=O) groups is 1. The maximum absolute atomic E-state index is 12.2. The average molecular weight is 371 g/mol. The lowest BCUT2D eigenvalue weighted by atomic mass is 10.0. The van der Waals surface area contributed by atoms with Crippen LogP contribution in [-0.4, -0.2) is 49.1 Å². The molecule has 1 amide bonds. The average Bonchev–Trinajstić information content (AvgIpc) is 2.47. The van der Waals surface area contributed by atoms with Gasteiger partial charge in [-0.2, -0.15) is 0 Å². The van der Waals surface area contributed by atoms with E-state index in [0.29, 0.717) is 16.7 Å². The molecule has 0 unspecified atom stereocenters. The van der Waals surface area contributed by atoms with Gasteiger partial charge >= 0.3 is 0 Å². The normalized spacial score (nSPS) is 21.7. The predicted molar refractivity (Wildman–Crippen MR) is 91.6 cm³/mol. The molecular weight excluding hydrogens is 350 g/mol. The minimum absolute atomic E-state index is 0.155. The van der Waals surface area contributed by atoms with Gasteiger partial charge in [-0.05, 0) is 36.5 Å². The Balaban J connectivity index is 1.91. The number of benzene rings is 1. The minimum Gasteiger partial charge on any atom is -0.349 e. The molecule has 4 nitrogen and oxygen atoms in total. The highest BCUT2D eigenvalue weighted by Crippen LogP contribution is 2.11. The van der Waals surface area contributed by atoms with E-state index in [1.54, 1.807) is 17.0 Å². The molecule has 6 heteroatoms. The molecule has 0 aliphatic carbocycles. The van der Waals surface area contributed by atoms with Crippen molar-refractivity contribution < 1.29 is 9.69 Å². The molecule has 114 valence electrons. The molecule has 2 rings (SSSR count). The number of likely N-dealkylation sites (tertiary alicyclic amines) is 1. The first-order valence-electron chi connectivity index (χ1n) is 7.12. The van der Waals surface area contributed by atoms with Crippen molar-refractivity contribution in [1.82, 2.24) is 10.2 Å². The van der Waals surface area contributed by atoms with E-state index in [4.69, 9.17) is 12.2 Å². The molecule has 1 fully saturated rings. The Bertz CT molecular complexity index is 512. The Morgan fingerprint density at radius 1 is 1.33 bits per heavy atom. The Labute approximate surface area is 139 Å². The number of carbonyl (C=O) groups excluding carboxylic acids is 1. The zero-order chi connectivity index (χ0) is 15.4. The molecule has 1 aliphatic heterocycles. The highest BCUT2D eigenvalue weighted by molar-refractivity contribution is 9.10. The summed E-state index contributed by atoms with van der Waals surface area (Å²) < 4.78 is 0.951. The van der Waals surface area contributed by atoms with E-state index in [2.05, 4.69) is 28.3 Å². The molecule has 21 heavy (non-hydrogen) atoms. The van der Waals surface area contributed by atoms with Crippen LogP contribution in [0.15, 0.2) is 28.7 Å². The molecule has 1 heterocycles. The van der Waals surface area contributed by atoms with Crippen molar-refractivity contribution in [3.8, 4) is 0 Å². The molecule has 1 aromatic carbocycles. The van der Waals surface area contributed by atoms with Gasteiger partial charge in [0.2, 0.25) is 0 Å². The Kier molecular flexibility index (Phi) is 5.72. The van der Waals surface area contributed by atoms with Gasteiger partial charge in [-0.1, -0.05) is 15.9 Å². The maximum Gasteiger partial charge on any atom is 0.257 e. The number of amides is 1. The summed E-state index contributed by atoms with van der Waals surface area (Å²) in [5, 5.41) is 3.33. The van der Waals surface area contributed by atoms with Gasteiger partial charge in [-0.15, -0.1) is 0 Å². The summed E-state index contributed by atoms with van der Waals surface area (Å²) in [6.45, 7) is 2.30. The second-order valence-electron chi connectivity index (χ2n) is 5.57. The van der Waals surface area contributed by atoms with Crippen LogP contribution in [0.4, 0.5) is 0 Å². The largest absolute Gasteiger partial charge is 0.349 e. The highest BCUT2D eigenvalue weighted by Gasteiger charge is 2.25. The van der Waals surface area contributed by atoms with Gasteiger partial charge < -0.3 is 9.80 Å². The number of quaternary nitrogens is 1. The van der Waals surface area contributed by atoms with Crippen molar-refractivity contribution in [2.75, 3.05) is 27.2 Å². The quantitative estimate of drug-likeness (QED) is 0.764. The molecule has 0 bridgehead atoms. The number of hydrogen-bond donors (Lipinski definition) is 2. The van der Waals surface area contributed by atoms with E-state index < -0.39 is 0 Å². The van der Waals surface area contributed by atoms with Crippen LogP contribution in [0.5, 0.6) is 0 Å². The third-order valence-corrected chi connectivity index (χ3v) is 4.92. The van der Waals surface area contributed by atoms with Crippen molar-refractivity contribution in [2.45, 2.75) is 18.9 Å². The molecular formula is C15H21BrN3OS+. The second-order valence-corrected chi connectivity index (χ2v) is 6.87. The number of hydrogen-bond acceptors (Lipinski definition) is 2. The van der Waals surface area contributed by atoms with Gasteiger partial charge in [0.25, 0.3) is 5.91 Å². The fraction of sp³-hybridized carbons (Fsp3) is 0.467. The maximum atomic E-state index is 12.2. The van der Waals surface area contributed by atoms with E-state index in [0.717, 1.165) is 30.4 Å². The zero-order valence-electron chi connectivity index (χ0n) is 12.4. The monoisotopic (exact) mass is 370 g/mol. The summed E-state index contributed by atoms with van der Waals surface area (Å²) in [7, 11) is 4.18. The lowest BCUT2D eigenvalue weighted by molar-refractivity contribution is -0.885. The molecule has 0 atom stereocenters.